The molecule has 0 unspecified atom stereocenters. The molecular weight excluding hydrogens is 391 g/mol. The van der Waals surface area contributed by atoms with Crippen LogP contribution in [-0.4, -0.2) is 21.0 Å². The minimum absolute atomic E-state index is 0. The molecular formula is C18H16Cl2N4OS. The highest BCUT2D eigenvalue weighted by Crippen LogP contribution is 2.27. The van der Waals surface area contributed by atoms with Crippen molar-refractivity contribution in [3.05, 3.63) is 69.5 Å². The van der Waals surface area contributed by atoms with Gasteiger partial charge in [-0.15, -0.1) is 4.68 Å². The topological polar surface area (TPSA) is 64.1 Å². The zero-order valence-corrected chi connectivity index (χ0v) is 16.3. The summed E-state index contributed by atoms with van der Waals surface area (Å²) in [6, 6.07) is 13.5. The van der Waals surface area contributed by atoms with E-state index in [1.165, 1.54) is 0 Å². The molecule has 1 N–H and O–H groups in total. The Bertz CT molecular complexity index is 1020. The van der Waals surface area contributed by atoms with E-state index in [2.05, 4.69) is 17.7 Å². The van der Waals surface area contributed by atoms with Crippen LogP contribution in [0.2, 0.25) is 10.0 Å². The van der Waals surface area contributed by atoms with Crippen molar-refractivity contribution in [3.8, 4) is 5.69 Å². The van der Waals surface area contributed by atoms with Gasteiger partial charge in [0.25, 0.3) is 5.82 Å². The molecule has 0 saturated heterocycles. The smallest absolute Gasteiger partial charge is 0.338 e. The molecule has 0 bridgehead atoms. The number of aromatic nitrogens is 3. The quantitative estimate of drug-likeness (QED) is 0.517. The summed E-state index contributed by atoms with van der Waals surface area (Å²) in [6.45, 7) is 3.28. The van der Waals surface area contributed by atoms with Crippen molar-refractivity contribution in [2.45, 2.75) is 25.2 Å². The second-order valence-electron chi connectivity index (χ2n) is 5.67. The number of aliphatic imine (C=N–C) groups is 1. The fourth-order valence-electron chi connectivity index (χ4n) is 3.10. The zero-order valence-electron chi connectivity index (χ0n) is 13.9. The standard InChI is InChI=1S/C18H14Cl2N4S.H2O/c1-2-23-16-10-21-17(12-5-3-4-6-14(12)20)13-9-11(19)7-8-15(13)24(16)18(25)22-23;/h3-9H,2,10H2,1H3;1H2. The van der Waals surface area contributed by atoms with Crippen LogP contribution in [0.5, 0.6) is 0 Å². The van der Waals surface area contributed by atoms with Gasteiger partial charge in [-0.05, 0) is 31.2 Å². The second-order valence-corrected chi connectivity index (χ2v) is 6.92. The fraction of sp³-hybridized carbons (Fsp3) is 0.167. The number of aryl methyl sites for hydroxylation is 1. The van der Waals surface area contributed by atoms with Gasteiger partial charge in [-0.1, -0.05) is 54.0 Å². The number of halogens is 2. The summed E-state index contributed by atoms with van der Waals surface area (Å²) < 4.78 is 3.94. The molecule has 8 heteroatoms. The first-order valence-electron chi connectivity index (χ1n) is 7.90. The molecule has 0 radical (unpaired) electrons. The van der Waals surface area contributed by atoms with E-state index in [1.54, 1.807) is 0 Å². The average molecular weight is 407 g/mol. The third kappa shape index (κ3) is 3.03. The number of fused-ring (bicyclic) bond motifs is 3. The predicted octanol–water partition coefficient (Wildman–Crippen LogP) is 3.95. The van der Waals surface area contributed by atoms with E-state index in [1.807, 2.05) is 58.6 Å². The van der Waals surface area contributed by atoms with Crippen LogP contribution in [-0.2, 0) is 13.1 Å². The fourth-order valence-corrected chi connectivity index (χ4v) is 3.83. The van der Waals surface area contributed by atoms with Crippen molar-refractivity contribution < 1.29 is 10.0 Å². The summed E-state index contributed by atoms with van der Waals surface area (Å²) in [4.78, 5) is 4.86. The second kappa shape index (κ2) is 7.40. The Morgan fingerprint density at radius 2 is 1.92 bits per heavy atom. The van der Waals surface area contributed by atoms with Crippen LogP contribution in [0.3, 0.4) is 0 Å². The molecule has 4 rings (SSSR count). The molecule has 2 heterocycles. The lowest BCUT2D eigenvalue weighted by Gasteiger charge is -2.11. The van der Waals surface area contributed by atoms with Gasteiger partial charge in [-0.25, -0.2) is 0 Å². The van der Waals surface area contributed by atoms with Crippen LogP contribution in [0.15, 0.2) is 52.6 Å². The van der Waals surface area contributed by atoms with Gasteiger partial charge in [0.15, 0.2) is 0 Å². The van der Waals surface area contributed by atoms with Crippen LogP contribution < -0.4 is 4.57 Å². The lowest BCUT2D eigenvalue weighted by Crippen LogP contribution is -2.36. The third-order valence-electron chi connectivity index (χ3n) is 4.23. The van der Waals surface area contributed by atoms with E-state index < -0.39 is 0 Å². The Labute approximate surface area is 166 Å². The van der Waals surface area contributed by atoms with Crippen LogP contribution in [0.1, 0.15) is 23.9 Å². The number of benzene rings is 2. The number of hydrogen-bond donors (Lipinski definition) is 1. The Balaban J connectivity index is 0.00000196. The average Bonchev–Trinajstić information content (AvgIpc) is 2.82. The highest BCUT2D eigenvalue weighted by atomic mass is 35.5. The maximum absolute atomic E-state index is 6.44. The highest BCUT2D eigenvalue weighted by molar-refractivity contribution is 7.79. The third-order valence-corrected chi connectivity index (χ3v) is 5.08. The lowest BCUT2D eigenvalue weighted by molar-refractivity contribution is -0.644. The van der Waals surface area contributed by atoms with Crippen LogP contribution in [0, 0.1) is 0 Å². The molecule has 0 spiro atoms. The Morgan fingerprint density at radius 3 is 2.65 bits per heavy atom. The monoisotopic (exact) mass is 406 g/mol. The predicted molar refractivity (Wildman–Crippen MR) is 104 cm³/mol. The van der Waals surface area contributed by atoms with Crippen molar-refractivity contribution in [2.24, 2.45) is 4.99 Å². The van der Waals surface area contributed by atoms with Crippen molar-refractivity contribution in [2.75, 3.05) is 0 Å². The molecule has 0 saturated carbocycles. The first-order chi connectivity index (χ1) is 12.1. The Kier molecular flexibility index (Phi) is 5.39. The van der Waals surface area contributed by atoms with Gasteiger partial charge in [-0.2, -0.15) is 4.57 Å². The number of hydrogen-bond acceptors (Lipinski definition) is 4. The van der Waals surface area contributed by atoms with Crippen molar-refractivity contribution >= 4 is 41.5 Å². The summed E-state index contributed by atoms with van der Waals surface area (Å²) in [6.07, 6.45) is 0. The largest absolute Gasteiger partial charge is 0.870 e. The Hall–Kier alpha value is -1.86. The van der Waals surface area contributed by atoms with Gasteiger partial charge in [0.05, 0.1) is 10.8 Å². The molecule has 26 heavy (non-hydrogen) atoms. The molecule has 3 aromatic rings. The van der Waals surface area contributed by atoms with E-state index in [0.717, 1.165) is 34.9 Å². The number of rotatable bonds is 2. The first-order valence-corrected chi connectivity index (χ1v) is 9.10. The first kappa shape index (κ1) is 18.9. The van der Waals surface area contributed by atoms with E-state index >= 15 is 0 Å². The normalized spacial score (nSPS) is 12.5. The van der Waals surface area contributed by atoms with E-state index in [-0.39, 0.29) is 5.48 Å². The van der Waals surface area contributed by atoms with E-state index in [0.29, 0.717) is 21.7 Å². The van der Waals surface area contributed by atoms with Crippen LogP contribution in [0.4, 0.5) is 0 Å². The van der Waals surface area contributed by atoms with Gasteiger partial charge in [0.2, 0.25) is 0 Å². The van der Waals surface area contributed by atoms with Crippen molar-refractivity contribution in [1.29, 1.82) is 0 Å². The highest BCUT2D eigenvalue weighted by Gasteiger charge is 2.30. The van der Waals surface area contributed by atoms with Crippen LogP contribution in [0.25, 0.3) is 5.69 Å². The van der Waals surface area contributed by atoms with Gasteiger partial charge in [-0.3, -0.25) is 4.99 Å². The molecule has 1 aliphatic rings. The van der Waals surface area contributed by atoms with Crippen molar-refractivity contribution in [1.82, 2.24) is 9.78 Å². The maximum Gasteiger partial charge on any atom is 0.338 e. The SMILES string of the molecule is CCn1nc(S)[n+]2c1CN=C(c1ccccc1Cl)c1cc(Cl)ccc1-2.[OH-]. The minimum Gasteiger partial charge on any atom is -0.870 e. The van der Waals surface area contributed by atoms with Crippen LogP contribution >= 0.6 is 35.8 Å². The van der Waals surface area contributed by atoms with Gasteiger partial charge >= 0.3 is 5.16 Å². The zero-order chi connectivity index (χ0) is 17.6. The van der Waals surface area contributed by atoms with Gasteiger partial charge in [0, 0.05) is 21.2 Å². The molecule has 1 aromatic heterocycles. The van der Waals surface area contributed by atoms with Gasteiger partial charge in [0.1, 0.15) is 18.8 Å². The van der Waals surface area contributed by atoms with Crippen molar-refractivity contribution in [3.63, 3.8) is 0 Å². The molecule has 1 aliphatic heterocycles. The Morgan fingerprint density at radius 1 is 1.15 bits per heavy atom. The minimum atomic E-state index is 0. The lowest BCUT2D eigenvalue weighted by atomic mass is 10.0. The summed E-state index contributed by atoms with van der Waals surface area (Å²) >= 11 is 17.3. The molecule has 0 atom stereocenters. The summed E-state index contributed by atoms with van der Waals surface area (Å²) in [5.41, 5.74) is 3.56. The molecule has 0 amide bonds. The molecule has 0 fully saturated rings. The molecule has 5 nitrogen and oxygen atoms in total. The maximum atomic E-state index is 6.44. The molecule has 0 aliphatic carbocycles. The summed E-state index contributed by atoms with van der Waals surface area (Å²) in [5, 5.41) is 6.43. The summed E-state index contributed by atoms with van der Waals surface area (Å²) in [7, 11) is 0. The summed E-state index contributed by atoms with van der Waals surface area (Å²) in [5.74, 6) is 0.970. The molecule has 134 valence electrons. The molecule has 2 aromatic carbocycles. The number of thiol groups is 1. The van der Waals surface area contributed by atoms with E-state index in [9.17, 15) is 0 Å². The van der Waals surface area contributed by atoms with Gasteiger partial charge < -0.3 is 5.48 Å². The van der Waals surface area contributed by atoms with E-state index in [4.69, 9.17) is 28.2 Å². The number of nitrogens with zero attached hydrogens (tertiary/aromatic N) is 4.